The first-order chi connectivity index (χ1) is 8.94. The van der Waals surface area contributed by atoms with E-state index >= 15 is 0 Å². The summed E-state index contributed by atoms with van der Waals surface area (Å²) < 4.78 is 48.7. The highest BCUT2D eigenvalue weighted by atomic mass is 19.4. The Morgan fingerprint density at radius 1 is 1.15 bits per heavy atom. The normalized spacial score (nSPS) is 21.2. The van der Waals surface area contributed by atoms with Crippen molar-refractivity contribution in [2.45, 2.75) is 45.1 Å². The van der Waals surface area contributed by atoms with Crippen molar-refractivity contribution in [3.8, 4) is 0 Å². The fourth-order valence-electron chi connectivity index (χ4n) is 1.80. The van der Waals surface area contributed by atoms with Crippen LogP contribution in [0.4, 0.5) is 13.2 Å². The third-order valence-corrected chi connectivity index (χ3v) is 3.76. The molecule has 1 aromatic rings. The molecule has 1 N–H and O–H groups in total. The van der Waals surface area contributed by atoms with Crippen LogP contribution in [0.3, 0.4) is 0 Å². The Morgan fingerprint density at radius 2 is 1.65 bits per heavy atom. The summed E-state index contributed by atoms with van der Waals surface area (Å²) in [5, 5.41) is 0. The van der Waals surface area contributed by atoms with Gasteiger partial charge in [-0.15, -0.1) is 0 Å². The van der Waals surface area contributed by atoms with Gasteiger partial charge >= 0.3 is 13.3 Å². The first-order valence-electron chi connectivity index (χ1n) is 6.09. The molecule has 0 radical (unpaired) electrons. The summed E-state index contributed by atoms with van der Waals surface area (Å²) in [5.74, 6) is 0. The maximum atomic E-state index is 12.5. The van der Waals surface area contributed by atoms with Crippen LogP contribution >= 0.6 is 0 Å². The summed E-state index contributed by atoms with van der Waals surface area (Å²) in [6.45, 7) is 7.19. The molecular weight excluding hydrogens is 274 g/mol. The van der Waals surface area contributed by atoms with Crippen molar-refractivity contribution < 1.29 is 22.5 Å². The molecule has 0 saturated carbocycles. The standard InChI is InChI=1S/C12H15BF3NO3/c1-10(2)11(3,4)20-13(19-10)7-6-17-9(5-8(7)18)12(14,15)16/h5-6H,1-4H3,(H,17,18). The van der Waals surface area contributed by atoms with E-state index in [9.17, 15) is 18.0 Å². The Hall–Kier alpha value is -1.28. The quantitative estimate of drug-likeness (QED) is 0.800. The van der Waals surface area contributed by atoms with Crippen LogP contribution in [0.2, 0.25) is 0 Å². The van der Waals surface area contributed by atoms with Gasteiger partial charge in [0.2, 0.25) is 0 Å². The van der Waals surface area contributed by atoms with Crippen molar-refractivity contribution in [3.63, 3.8) is 0 Å². The van der Waals surface area contributed by atoms with Gasteiger partial charge in [-0.25, -0.2) is 0 Å². The molecule has 0 spiro atoms. The highest BCUT2D eigenvalue weighted by Crippen LogP contribution is 2.36. The van der Waals surface area contributed by atoms with Crippen LogP contribution in [0.25, 0.3) is 0 Å². The van der Waals surface area contributed by atoms with Crippen LogP contribution < -0.4 is 10.9 Å². The Bertz CT molecular complexity index is 564. The van der Waals surface area contributed by atoms with E-state index in [4.69, 9.17) is 9.31 Å². The lowest BCUT2D eigenvalue weighted by Gasteiger charge is -2.32. The second-order valence-electron chi connectivity index (χ2n) is 5.75. The molecule has 8 heteroatoms. The number of hydrogen-bond donors (Lipinski definition) is 1. The molecule has 110 valence electrons. The molecule has 1 aromatic heterocycles. The Morgan fingerprint density at radius 3 is 2.05 bits per heavy atom. The second kappa shape index (κ2) is 4.36. The predicted molar refractivity (Wildman–Crippen MR) is 67.8 cm³/mol. The number of alkyl halides is 3. The number of pyridine rings is 1. The molecular formula is C12H15BF3NO3. The second-order valence-corrected chi connectivity index (χ2v) is 5.75. The highest BCUT2D eigenvalue weighted by molar-refractivity contribution is 6.61. The van der Waals surface area contributed by atoms with E-state index in [1.807, 2.05) is 0 Å². The maximum Gasteiger partial charge on any atom is 0.500 e. The summed E-state index contributed by atoms with van der Waals surface area (Å²) in [6, 6.07) is 0.514. The number of aromatic amines is 1. The Kier molecular flexibility index (Phi) is 3.30. The summed E-state index contributed by atoms with van der Waals surface area (Å²) in [7, 11) is -0.981. The Labute approximate surface area is 114 Å². The van der Waals surface area contributed by atoms with Crippen LogP contribution in [0.5, 0.6) is 0 Å². The van der Waals surface area contributed by atoms with Crippen molar-refractivity contribution in [2.75, 3.05) is 0 Å². The van der Waals surface area contributed by atoms with Crippen molar-refractivity contribution >= 4 is 12.6 Å². The van der Waals surface area contributed by atoms with E-state index in [1.165, 1.54) is 0 Å². The van der Waals surface area contributed by atoms with Gasteiger partial charge in [0, 0.05) is 17.7 Å². The lowest BCUT2D eigenvalue weighted by Crippen LogP contribution is -2.44. The van der Waals surface area contributed by atoms with Gasteiger partial charge in [-0.2, -0.15) is 13.2 Å². The average Bonchev–Trinajstić information content (AvgIpc) is 2.46. The zero-order chi connectivity index (χ0) is 15.3. The lowest BCUT2D eigenvalue weighted by atomic mass is 9.80. The fourth-order valence-corrected chi connectivity index (χ4v) is 1.80. The van der Waals surface area contributed by atoms with Gasteiger partial charge in [-0.3, -0.25) is 4.79 Å². The number of H-pyrrole nitrogens is 1. The average molecular weight is 289 g/mol. The zero-order valence-corrected chi connectivity index (χ0v) is 11.6. The van der Waals surface area contributed by atoms with Gasteiger partial charge < -0.3 is 14.3 Å². The third kappa shape index (κ3) is 2.49. The molecule has 1 aliphatic heterocycles. The largest absolute Gasteiger partial charge is 0.500 e. The minimum Gasteiger partial charge on any atom is -0.399 e. The molecule has 1 aliphatic rings. The number of aromatic nitrogens is 1. The van der Waals surface area contributed by atoms with Crippen molar-refractivity contribution in [3.05, 3.63) is 28.2 Å². The fraction of sp³-hybridized carbons (Fsp3) is 0.583. The first-order valence-corrected chi connectivity index (χ1v) is 6.09. The molecule has 0 amide bonds. The van der Waals surface area contributed by atoms with Crippen LogP contribution in [-0.4, -0.2) is 23.3 Å². The van der Waals surface area contributed by atoms with Gasteiger partial charge in [0.15, 0.2) is 5.43 Å². The van der Waals surface area contributed by atoms with Gasteiger partial charge in [-0.05, 0) is 27.7 Å². The molecule has 0 aliphatic carbocycles. The summed E-state index contributed by atoms with van der Waals surface area (Å²) in [6.07, 6.45) is -3.60. The van der Waals surface area contributed by atoms with E-state index in [1.54, 1.807) is 27.7 Å². The molecule has 1 fully saturated rings. The number of nitrogens with one attached hydrogen (secondary N) is 1. The van der Waals surface area contributed by atoms with Crippen LogP contribution in [0.1, 0.15) is 33.4 Å². The van der Waals surface area contributed by atoms with E-state index in [-0.39, 0.29) is 5.46 Å². The van der Waals surface area contributed by atoms with Crippen LogP contribution in [0, 0.1) is 0 Å². The lowest BCUT2D eigenvalue weighted by molar-refractivity contribution is -0.141. The van der Waals surface area contributed by atoms with Crippen molar-refractivity contribution in [2.24, 2.45) is 0 Å². The zero-order valence-electron chi connectivity index (χ0n) is 11.6. The molecule has 0 aromatic carbocycles. The molecule has 0 unspecified atom stereocenters. The van der Waals surface area contributed by atoms with Crippen molar-refractivity contribution in [1.82, 2.24) is 4.98 Å². The first kappa shape index (κ1) is 15.1. The summed E-state index contributed by atoms with van der Waals surface area (Å²) in [5.41, 5.74) is -3.16. The molecule has 4 nitrogen and oxygen atoms in total. The third-order valence-electron chi connectivity index (χ3n) is 3.76. The number of halogens is 3. The monoisotopic (exact) mass is 289 g/mol. The van der Waals surface area contributed by atoms with E-state index < -0.39 is 35.6 Å². The van der Waals surface area contributed by atoms with E-state index in [2.05, 4.69) is 4.98 Å². The number of rotatable bonds is 1. The van der Waals surface area contributed by atoms with Gasteiger partial charge in [0.05, 0.1) is 11.2 Å². The highest BCUT2D eigenvalue weighted by Gasteiger charge is 2.52. The van der Waals surface area contributed by atoms with Gasteiger partial charge in [-0.1, -0.05) is 0 Å². The molecule has 2 heterocycles. The minimum atomic E-state index is -4.59. The predicted octanol–water partition coefficient (Wildman–Crippen LogP) is 1.69. The van der Waals surface area contributed by atoms with Gasteiger partial charge in [0.25, 0.3) is 0 Å². The van der Waals surface area contributed by atoms with E-state index in [0.29, 0.717) is 6.07 Å². The summed E-state index contributed by atoms with van der Waals surface area (Å²) >= 11 is 0. The molecule has 0 bridgehead atoms. The molecule has 1 saturated heterocycles. The van der Waals surface area contributed by atoms with E-state index in [0.717, 1.165) is 6.20 Å². The van der Waals surface area contributed by atoms with Crippen molar-refractivity contribution in [1.29, 1.82) is 0 Å². The van der Waals surface area contributed by atoms with Gasteiger partial charge in [0.1, 0.15) is 5.69 Å². The molecule has 2 rings (SSSR count). The summed E-state index contributed by atoms with van der Waals surface area (Å²) in [4.78, 5) is 13.9. The topological polar surface area (TPSA) is 51.3 Å². The van der Waals surface area contributed by atoms with Crippen LogP contribution in [-0.2, 0) is 15.5 Å². The Balaban J connectivity index is 2.35. The molecule has 20 heavy (non-hydrogen) atoms. The minimum absolute atomic E-state index is 0.0247. The smallest absolute Gasteiger partial charge is 0.399 e. The maximum absolute atomic E-state index is 12.5. The van der Waals surface area contributed by atoms with Crippen LogP contribution in [0.15, 0.2) is 17.1 Å². The SMILES string of the molecule is CC1(C)OB(c2c[nH]c(C(F)(F)F)cc2=O)OC1(C)C. The molecule has 0 atom stereocenters. The number of hydrogen-bond acceptors (Lipinski definition) is 3.